The molecular formula is C20H38N10. The van der Waals surface area contributed by atoms with Crippen LogP contribution in [-0.2, 0) is 0 Å². The highest BCUT2D eigenvalue weighted by molar-refractivity contribution is 5.53. The maximum absolute atomic E-state index is 4.22. The zero-order valence-corrected chi connectivity index (χ0v) is 17.0. The number of allylic oxidation sites excluding steroid dienone is 3. The van der Waals surface area contributed by atoms with Crippen LogP contribution in [0.1, 0.15) is 15.0 Å². The van der Waals surface area contributed by atoms with Crippen molar-refractivity contribution in [2.24, 2.45) is 11.8 Å². The number of anilines is 5. The second-order valence-electron chi connectivity index (χ2n) is 6.99. The summed E-state index contributed by atoms with van der Waals surface area (Å²) in [6.07, 6.45) is 7.96. The van der Waals surface area contributed by atoms with E-state index in [1.54, 1.807) is 14.1 Å². The zero-order chi connectivity index (χ0) is 20.8. The Labute approximate surface area is 183 Å². The van der Waals surface area contributed by atoms with Crippen molar-refractivity contribution in [1.29, 1.82) is 0 Å². The number of hydrogen-bond donors (Lipinski definition) is 6. The summed E-state index contributed by atoms with van der Waals surface area (Å²) in [5, 5.41) is 25.6. The minimum atomic E-state index is 0. The van der Waals surface area contributed by atoms with Crippen LogP contribution in [0.2, 0.25) is 0 Å². The summed E-state index contributed by atoms with van der Waals surface area (Å²) in [7, 11) is 3.58. The van der Waals surface area contributed by atoms with Crippen LogP contribution in [-0.4, -0.2) is 51.0 Å². The molecule has 2 heterocycles. The van der Waals surface area contributed by atoms with E-state index in [1.807, 2.05) is 30.3 Å². The maximum Gasteiger partial charge on any atom is 0.243 e. The van der Waals surface area contributed by atoms with Gasteiger partial charge in [0.2, 0.25) is 23.8 Å². The van der Waals surface area contributed by atoms with Gasteiger partial charge in [-0.3, -0.25) is 0 Å². The lowest BCUT2D eigenvalue weighted by molar-refractivity contribution is 0.880. The number of para-hydroxylation sites is 1. The normalized spacial score (nSPS) is 18.4. The summed E-state index contributed by atoms with van der Waals surface area (Å²) >= 11 is 0. The van der Waals surface area contributed by atoms with E-state index >= 15 is 0 Å². The highest BCUT2D eigenvalue weighted by Gasteiger charge is 2.38. The van der Waals surface area contributed by atoms with Crippen LogP contribution in [0.15, 0.2) is 54.1 Å². The van der Waals surface area contributed by atoms with Crippen molar-refractivity contribution < 1.29 is 8.56 Å². The van der Waals surface area contributed by atoms with Crippen molar-refractivity contribution in [1.82, 2.24) is 30.4 Å². The summed E-state index contributed by atoms with van der Waals surface area (Å²) in [6.45, 7) is 0.851. The Morgan fingerprint density at radius 2 is 1.70 bits per heavy atom. The fourth-order valence-corrected chi connectivity index (χ4v) is 3.22. The van der Waals surface area contributed by atoms with E-state index in [4.69, 9.17) is 0 Å². The van der Waals surface area contributed by atoms with E-state index in [-0.39, 0.29) is 8.56 Å². The number of aromatic amines is 2. The third-order valence-corrected chi connectivity index (χ3v) is 4.90. The number of fused-ring (bicyclic) bond motifs is 1. The smallest absolute Gasteiger partial charge is 0.243 e. The van der Waals surface area contributed by atoms with Gasteiger partial charge >= 0.3 is 0 Å². The molecule has 2 unspecified atom stereocenters. The Hall–Kier alpha value is -3.82. The molecule has 0 radical (unpaired) electrons. The molecule has 2 aliphatic rings. The fraction of sp³-hybridized carbons (Fsp3) is 0.300. The first kappa shape index (κ1) is 19.5. The number of nitrogens with zero attached hydrogens (tertiary/aromatic N) is 4. The molecule has 6 N–H and O–H groups in total. The minimum absolute atomic E-state index is 0. The lowest BCUT2D eigenvalue weighted by Crippen LogP contribution is -2.09. The highest BCUT2D eigenvalue weighted by atomic mass is 15.3. The molecule has 1 aromatic carbocycles. The molecule has 0 bridgehead atoms. The summed E-state index contributed by atoms with van der Waals surface area (Å²) in [4.78, 5) is 8.35. The molecule has 1 saturated carbocycles. The molecule has 0 amide bonds. The lowest BCUT2D eigenvalue weighted by Gasteiger charge is -2.08. The molecule has 2 aromatic heterocycles. The molecule has 0 spiro atoms. The van der Waals surface area contributed by atoms with E-state index in [0.717, 1.165) is 30.0 Å². The Morgan fingerprint density at radius 1 is 1.00 bits per heavy atom. The van der Waals surface area contributed by atoms with Gasteiger partial charge in [-0.05, 0) is 36.0 Å². The lowest BCUT2D eigenvalue weighted by atomic mass is 10.1. The summed E-state index contributed by atoms with van der Waals surface area (Å²) in [5.41, 5.74) is 2.45. The Morgan fingerprint density at radius 3 is 2.40 bits per heavy atom. The molecule has 3 aromatic rings. The molecule has 168 valence electrons. The molecule has 0 aliphatic heterocycles. The van der Waals surface area contributed by atoms with Crippen molar-refractivity contribution in [3.05, 3.63) is 54.1 Å². The predicted molar refractivity (Wildman–Crippen MR) is 132 cm³/mol. The van der Waals surface area contributed by atoms with Crippen molar-refractivity contribution in [3.8, 4) is 0 Å². The highest BCUT2D eigenvalue weighted by Crippen LogP contribution is 2.47. The molecule has 10 nitrogen and oxygen atoms in total. The molecular weight excluding hydrogens is 380 g/mol. The number of benzene rings is 1. The van der Waals surface area contributed by atoms with Crippen LogP contribution in [0.3, 0.4) is 0 Å². The van der Waals surface area contributed by atoms with Gasteiger partial charge in [-0.25, -0.2) is 10.2 Å². The number of hydrogen-bond acceptors (Lipinski definition) is 8. The average Bonchev–Trinajstić information content (AvgIpc) is 3.22. The van der Waals surface area contributed by atoms with Gasteiger partial charge in [0.05, 0.1) is 0 Å². The zero-order valence-electron chi connectivity index (χ0n) is 17.0. The number of nitrogens with one attached hydrogen (secondary N) is 6. The van der Waals surface area contributed by atoms with Gasteiger partial charge in [0, 0.05) is 34.9 Å². The number of H-pyrrole nitrogens is 2. The van der Waals surface area contributed by atoms with Gasteiger partial charge < -0.3 is 21.3 Å². The van der Waals surface area contributed by atoms with Crippen molar-refractivity contribution >= 4 is 29.5 Å². The molecule has 0 saturated heterocycles. The predicted octanol–water partition coefficient (Wildman–Crippen LogP) is 4.46. The van der Waals surface area contributed by atoms with Crippen LogP contribution >= 0.6 is 0 Å². The minimum Gasteiger partial charge on any atom is -0.356 e. The third kappa shape index (κ3) is 4.96. The van der Waals surface area contributed by atoms with Crippen LogP contribution in [0.4, 0.5) is 29.5 Å². The third-order valence-electron chi connectivity index (χ3n) is 4.90. The van der Waals surface area contributed by atoms with Crippen molar-refractivity contribution in [2.75, 3.05) is 41.9 Å². The first-order chi connectivity index (χ1) is 14.7. The van der Waals surface area contributed by atoms with Gasteiger partial charge in [0.25, 0.3) is 0 Å². The van der Waals surface area contributed by atoms with E-state index in [2.05, 4.69) is 69.9 Å². The standard InChI is InChI=1S/C11H15N5.C9H11N5.6H2/c1-12-10-14-11(16-15-10)13-6-8-4-2-3-7-5-9(7)8;1-10-8-12-9(14-13-8)11-7-5-3-2-4-6-7;;;;;;/h2-4,7,9H,5-6H2,1H3,(H3,12,13,14,15,16);2-6H,1H3,(H3,10,11,12,13,14);6*1H. The van der Waals surface area contributed by atoms with Crippen LogP contribution in [0, 0.1) is 11.8 Å². The van der Waals surface area contributed by atoms with Crippen LogP contribution in [0.25, 0.3) is 0 Å². The second kappa shape index (κ2) is 9.12. The molecule has 5 rings (SSSR count). The van der Waals surface area contributed by atoms with Crippen molar-refractivity contribution in [2.45, 2.75) is 6.42 Å². The largest absolute Gasteiger partial charge is 0.356 e. The van der Waals surface area contributed by atoms with Gasteiger partial charge in [-0.2, -0.15) is 9.97 Å². The van der Waals surface area contributed by atoms with Crippen LogP contribution < -0.4 is 21.3 Å². The first-order valence-electron chi connectivity index (χ1n) is 9.88. The van der Waals surface area contributed by atoms with E-state index < -0.39 is 0 Å². The number of aromatic nitrogens is 6. The van der Waals surface area contributed by atoms with Crippen molar-refractivity contribution in [3.63, 3.8) is 0 Å². The van der Waals surface area contributed by atoms with Gasteiger partial charge in [-0.15, -0.1) is 10.2 Å². The summed E-state index contributed by atoms with van der Waals surface area (Å²) < 4.78 is 0. The Bertz CT molecular complexity index is 1030. The van der Waals surface area contributed by atoms with Gasteiger partial charge in [0.15, 0.2) is 0 Å². The first-order valence-corrected chi connectivity index (χ1v) is 9.88. The maximum atomic E-state index is 4.22. The molecule has 30 heavy (non-hydrogen) atoms. The second-order valence-corrected chi connectivity index (χ2v) is 6.99. The topological polar surface area (TPSA) is 131 Å². The van der Waals surface area contributed by atoms with Gasteiger partial charge in [-0.1, -0.05) is 36.4 Å². The summed E-state index contributed by atoms with van der Waals surface area (Å²) in [6, 6.07) is 9.79. The summed E-state index contributed by atoms with van der Waals surface area (Å²) in [5.74, 6) is 4.10. The average molecular weight is 419 g/mol. The quantitative estimate of drug-likeness (QED) is 0.331. The Kier molecular flexibility index (Phi) is 5.93. The molecule has 2 aliphatic carbocycles. The SMILES string of the molecule is CNc1n[nH]c(NCC2=CC=CC3CC23)n1.CNc1n[nH]c(Nc2ccccc2)n1.[HH].[HH].[HH].[HH].[HH].[HH]. The van der Waals surface area contributed by atoms with Gasteiger partial charge in [0.1, 0.15) is 0 Å². The number of rotatable bonds is 7. The van der Waals surface area contributed by atoms with E-state index in [0.29, 0.717) is 17.8 Å². The van der Waals surface area contributed by atoms with E-state index in [1.165, 1.54) is 12.0 Å². The van der Waals surface area contributed by atoms with Crippen LogP contribution in [0.5, 0.6) is 0 Å². The van der Waals surface area contributed by atoms with E-state index in [9.17, 15) is 0 Å². The Balaban J connectivity index is -0.000000522. The monoisotopic (exact) mass is 418 g/mol. The molecule has 10 heteroatoms. The molecule has 2 atom stereocenters. The fourth-order valence-electron chi connectivity index (χ4n) is 3.22. The molecule has 1 fully saturated rings.